The van der Waals surface area contributed by atoms with Crippen molar-refractivity contribution in [2.45, 2.75) is 0 Å². The van der Waals surface area contributed by atoms with E-state index in [9.17, 15) is 10.1 Å². The van der Waals surface area contributed by atoms with Gasteiger partial charge in [0.25, 0.3) is 5.69 Å². The molecule has 0 aliphatic carbocycles. The molecule has 0 amide bonds. The van der Waals surface area contributed by atoms with Crippen molar-refractivity contribution < 1.29 is 4.92 Å². The zero-order valence-electron chi connectivity index (χ0n) is 8.86. The molecule has 0 saturated carbocycles. The smallest absolute Gasteiger partial charge is 0.258 e. The molecule has 0 unspecified atom stereocenters. The molecule has 0 bridgehead atoms. The monoisotopic (exact) mass is 229 g/mol. The Hall–Kier alpha value is -2.75. The minimum atomic E-state index is -0.537. The second kappa shape index (κ2) is 4.02. The van der Waals surface area contributed by atoms with E-state index < -0.39 is 4.92 Å². The maximum absolute atomic E-state index is 10.9. The van der Waals surface area contributed by atoms with Crippen LogP contribution in [0.4, 0.5) is 5.69 Å². The lowest BCUT2D eigenvalue weighted by molar-refractivity contribution is -0.384. The molecule has 0 spiro atoms. The van der Waals surface area contributed by atoms with Crippen molar-refractivity contribution >= 4 is 5.69 Å². The van der Waals surface area contributed by atoms with Crippen LogP contribution in [-0.4, -0.2) is 19.9 Å². The molecule has 84 valence electrons. The predicted molar refractivity (Wildman–Crippen MR) is 57.8 cm³/mol. The van der Waals surface area contributed by atoms with Crippen molar-refractivity contribution in [3.63, 3.8) is 0 Å². The molecular weight excluding hydrogens is 222 g/mol. The van der Waals surface area contributed by atoms with E-state index >= 15 is 0 Å². The molecule has 0 atom stereocenters. The van der Waals surface area contributed by atoms with Gasteiger partial charge in [-0.05, 0) is 6.07 Å². The first kappa shape index (κ1) is 10.8. The summed E-state index contributed by atoms with van der Waals surface area (Å²) in [4.78, 5) is 11.7. The Kier molecular flexibility index (Phi) is 2.54. The average molecular weight is 229 g/mol. The van der Waals surface area contributed by atoms with E-state index in [1.54, 1.807) is 7.05 Å². The van der Waals surface area contributed by atoms with Crippen molar-refractivity contribution in [3.05, 3.63) is 40.1 Å². The van der Waals surface area contributed by atoms with E-state index in [1.165, 1.54) is 29.2 Å². The summed E-state index contributed by atoms with van der Waals surface area (Å²) in [5, 5.41) is 27.7. The van der Waals surface area contributed by atoms with Gasteiger partial charge in [-0.2, -0.15) is 20.3 Å². The molecule has 0 N–H and O–H groups in total. The lowest BCUT2D eigenvalue weighted by Gasteiger charge is -2.00. The number of nitrogens with zero attached hydrogens (tertiary/aromatic N) is 5. The Bertz CT molecular complexity index is 626. The lowest BCUT2D eigenvalue weighted by atomic mass is 10.0. The van der Waals surface area contributed by atoms with E-state index in [-0.39, 0.29) is 16.8 Å². The predicted octanol–water partition coefficient (Wildman–Crippen LogP) is 1.26. The van der Waals surface area contributed by atoms with E-state index in [0.29, 0.717) is 5.69 Å². The zero-order chi connectivity index (χ0) is 12.4. The van der Waals surface area contributed by atoms with E-state index in [2.05, 4.69) is 10.2 Å². The van der Waals surface area contributed by atoms with Gasteiger partial charge in [0.1, 0.15) is 11.8 Å². The van der Waals surface area contributed by atoms with Crippen LogP contribution in [0.1, 0.15) is 5.56 Å². The number of nitro groups is 1. The first-order valence-electron chi connectivity index (χ1n) is 4.67. The van der Waals surface area contributed by atoms with Gasteiger partial charge in [-0.1, -0.05) is 6.07 Å². The second-order valence-electron chi connectivity index (χ2n) is 3.29. The van der Waals surface area contributed by atoms with Gasteiger partial charge < -0.3 is 0 Å². The van der Waals surface area contributed by atoms with Crippen LogP contribution in [0.3, 0.4) is 0 Å². The van der Waals surface area contributed by atoms with Gasteiger partial charge in [-0.15, -0.1) is 0 Å². The molecule has 0 saturated heterocycles. The van der Waals surface area contributed by atoms with Crippen molar-refractivity contribution in [2.24, 2.45) is 7.05 Å². The van der Waals surface area contributed by atoms with Crippen molar-refractivity contribution in [2.75, 3.05) is 0 Å². The van der Waals surface area contributed by atoms with Crippen LogP contribution >= 0.6 is 0 Å². The van der Waals surface area contributed by atoms with Crippen molar-refractivity contribution in [1.82, 2.24) is 15.0 Å². The summed E-state index contributed by atoms with van der Waals surface area (Å²) in [6.45, 7) is 0. The quantitative estimate of drug-likeness (QED) is 0.570. The molecule has 0 aliphatic heterocycles. The van der Waals surface area contributed by atoms with Gasteiger partial charge >= 0.3 is 0 Å². The third-order valence-corrected chi connectivity index (χ3v) is 2.22. The number of hydrogen-bond donors (Lipinski definition) is 0. The highest BCUT2D eigenvalue weighted by molar-refractivity contribution is 5.76. The van der Waals surface area contributed by atoms with Crippen molar-refractivity contribution in [1.29, 1.82) is 5.26 Å². The van der Waals surface area contributed by atoms with Crippen LogP contribution < -0.4 is 0 Å². The van der Waals surface area contributed by atoms with E-state index in [4.69, 9.17) is 5.26 Å². The second-order valence-corrected chi connectivity index (χ2v) is 3.29. The minimum Gasteiger partial charge on any atom is -0.258 e. The van der Waals surface area contributed by atoms with Crippen molar-refractivity contribution in [3.8, 4) is 17.3 Å². The summed E-state index contributed by atoms with van der Waals surface area (Å²) in [7, 11) is 1.60. The summed E-state index contributed by atoms with van der Waals surface area (Å²) in [5.74, 6) is 0. The highest BCUT2D eigenvalue weighted by Crippen LogP contribution is 2.30. The Labute approximate surface area is 96.1 Å². The number of hydrogen-bond acceptors (Lipinski definition) is 5. The number of nitro benzene ring substituents is 1. The summed E-state index contributed by atoms with van der Waals surface area (Å²) in [6.07, 6.45) is 1.39. The number of nitriles is 1. The Morgan fingerprint density at radius 1 is 1.53 bits per heavy atom. The fourth-order valence-electron chi connectivity index (χ4n) is 1.51. The molecule has 2 aromatic rings. The van der Waals surface area contributed by atoms with Crippen LogP contribution in [0.5, 0.6) is 0 Å². The molecule has 7 nitrogen and oxygen atoms in total. The van der Waals surface area contributed by atoms with Gasteiger partial charge in [-0.3, -0.25) is 10.1 Å². The van der Waals surface area contributed by atoms with Crippen LogP contribution in [0, 0.1) is 21.4 Å². The largest absolute Gasteiger partial charge is 0.280 e. The van der Waals surface area contributed by atoms with Gasteiger partial charge in [-0.25, -0.2) is 0 Å². The van der Waals surface area contributed by atoms with Crippen LogP contribution in [0.25, 0.3) is 11.3 Å². The third-order valence-electron chi connectivity index (χ3n) is 2.22. The van der Waals surface area contributed by atoms with Crippen LogP contribution in [0.2, 0.25) is 0 Å². The maximum atomic E-state index is 10.9. The minimum absolute atomic E-state index is 0.149. The summed E-state index contributed by atoms with van der Waals surface area (Å²) in [5.41, 5.74) is 0.578. The van der Waals surface area contributed by atoms with E-state index in [0.717, 1.165) is 0 Å². The number of rotatable bonds is 2. The van der Waals surface area contributed by atoms with Gasteiger partial charge in [0, 0.05) is 13.1 Å². The van der Waals surface area contributed by atoms with Crippen LogP contribution in [0.15, 0.2) is 24.4 Å². The highest BCUT2D eigenvalue weighted by atomic mass is 16.6. The van der Waals surface area contributed by atoms with Gasteiger partial charge in [0.2, 0.25) is 0 Å². The first-order chi connectivity index (χ1) is 8.13. The average Bonchev–Trinajstić information content (AvgIpc) is 2.74. The topological polar surface area (TPSA) is 97.6 Å². The molecule has 1 aromatic carbocycles. The molecule has 0 fully saturated rings. The third kappa shape index (κ3) is 1.83. The fraction of sp³-hybridized carbons (Fsp3) is 0.100. The van der Waals surface area contributed by atoms with Gasteiger partial charge in [0.15, 0.2) is 0 Å². The number of aromatic nitrogens is 3. The molecule has 1 heterocycles. The first-order valence-corrected chi connectivity index (χ1v) is 4.67. The molecule has 7 heteroatoms. The summed E-state index contributed by atoms with van der Waals surface area (Å²) in [6, 6.07) is 6.23. The normalized spacial score (nSPS) is 9.88. The molecule has 2 rings (SSSR count). The summed E-state index contributed by atoms with van der Waals surface area (Å²) >= 11 is 0. The standard InChI is InChI=1S/C10H7N5O2/c1-14-12-6-8(13-14)10-7(5-11)3-2-4-9(10)15(16)17/h2-4,6H,1H3. The van der Waals surface area contributed by atoms with E-state index in [1.807, 2.05) is 6.07 Å². The Balaban J connectivity index is 2.74. The number of benzene rings is 1. The Morgan fingerprint density at radius 3 is 2.82 bits per heavy atom. The molecule has 17 heavy (non-hydrogen) atoms. The Morgan fingerprint density at radius 2 is 2.29 bits per heavy atom. The van der Waals surface area contributed by atoms with Crippen LogP contribution in [-0.2, 0) is 7.05 Å². The maximum Gasteiger partial charge on any atom is 0.280 e. The summed E-state index contributed by atoms with van der Waals surface area (Å²) < 4.78 is 0. The lowest BCUT2D eigenvalue weighted by Crippen LogP contribution is -1.96. The number of aryl methyl sites for hydroxylation is 1. The molecule has 0 radical (unpaired) electrons. The van der Waals surface area contributed by atoms with Gasteiger partial charge in [0.05, 0.1) is 22.2 Å². The highest BCUT2D eigenvalue weighted by Gasteiger charge is 2.21. The molecule has 0 aliphatic rings. The fourth-order valence-corrected chi connectivity index (χ4v) is 1.51. The SMILES string of the molecule is Cn1ncc(-c2c(C#N)cccc2[N+](=O)[O-])n1. The molecular formula is C10H7N5O2. The molecule has 1 aromatic heterocycles. The zero-order valence-corrected chi connectivity index (χ0v) is 8.86.